The molecular weight excluding hydrogens is 262 g/mol. The van der Waals surface area contributed by atoms with Crippen LogP contribution in [0.4, 0.5) is 0 Å². The van der Waals surface area contributed by atoms with E-state index < -0.39 is 0 Å². The molecule has 0 aromatic heterocycles. The summed E-state index contributed by atoms with van der Waals surface area (Å²) in [6.45, 7) is 3.84. The van der Waals surface area contributed by atoms with Gasteiger partial charge >= 0.3 is 0 Å². The van der Waals surface area contributed by atoms with E-state index in [1.807, 2.05) is 31.3 Å². The van der Waals surface area contributed by atoms with Crippen LogP contribution in [0.25, 0.3) is 0 Å². The number of ether oxygens (including phenoxy) is 1. The van der Waals surface area contributed by atoms with E-state index in [0.29, 0.717) is 19.8 Å². The zero-order chi connectivity index (χ0) is 13.8. The Bertz CT molecular complexity index is 444. The van der Waals surface area contributed by atoms with E-state index in [0.717, 1.165) is 17.0 Å². The molecule has 19 heavy (non-hydrogen) atoms. The van der Waals surface area contributed by atoms with Crippen LogP contribution >= 0.6 is 11.6 Å². The van der Waals surface area contributed by atoms with Gasteiger partial charge in [-0.3, -0.25) is 9.69 Å². The Labute approximate surface area is 119 Å². The van der Waals surface area contributed by atoms with Gasteiger partial charge < -0.3 is 4.74 Å². The molecule has 0 N–H and O–H groups in total. The Morgan fingerprint density at radius 3 is 3.00 bits per heavy atom. The van der Waals surface area contributed by atoms with Crippen LogP contribution in [0.2, 0.25) is 5.02 Å². The molecule has 1 fully saturated rings. The normalized spacial score (nSPS) is 20.7. The minimum atomic E-state index is 0.0778. The average Bonchev–Trinajstić information content (AvgIpc) is 2.91. The number of hydrogen-bond donors (Lipinski definition) is 0. The van der Waals surface area contributed by atoms with Crippen LogP contribution in [0.3, 0.4) is 0 Å². The monoisotopic (exact) mass is 281 g/mol. The van der Waals surface area contributed by atoms with Crippen LogP contribution in [-0.2, 0) is 9.53 Å². The Kier molecular flexibility index (Phi) is 4.97. The largest absolute Gasteiger partial charge is 0.381 e. The SMILES string of the molecule is CC(c1cccc(Cl)c1)N(C)CC(=O)C1CCOC1. The summed E-state index contributed by atoms with van der Waals surface area (Å²) < 4.78 is 5.26. The fourth-order valence-corrected chi connectivity index (χ4v) is 2.52. The molecule has 2 unspecified atom stereocenters. The van der Waals surface area contributed by atoms with Gasteiger partial charge in [0.1, 0.15) is 0 Å². The lowest BCUT2D eigenvalue weighted by Gasteiger charge is -2.25. The molecule has 1 aromatic rings. The van der Waals surface area contributed by atoms with Crippen molar-refractivity contribution in [1.29, 1.82) is 0 Å². The first kappa shape index (κ1) is 14.5. The standard InChI is InChI=1S/C15H20ClNO2/c1-11(12-4-3-5-14(16)8-12)17(2)9-15(18)13-6-7-19-10-13/h3-5,8,11,13H,6-7,9-10H2,1-2H3. The Morgan fingerprint density at radius 1 is 1.58 bits per heavy atom. The van der Waals surface area contributed by atoms with Gasteiger partial charge in [0.05, 0.1) is 13.2 Å². The fourth-order valence-electron chi connectivity index (χ4n) is 2.32. The van der Waals surface area contributed by atoms with Crippen molar-refractivity contribution in [2.45, 2.75) is 19.4 Å². The van der Waals surface area contributed by atoms with E-state index in [1.165, 1.54) is 0 Å². The summed E-state index contributed by atoms with van der Waals surface area (Å²) in [5.41, 5.74) is 1.13. The number of benzene rings is 1. The lowest BCUT2D eigenvalue weighted by Crippen LogP contribution is -2.32. The van der Waals surface area contributed by atoms with E-state index in [1.54, 1.807) is 0 Å². The lowest BCUT2D eigenvalue weighted by atomic mass is 10.0. The first-order valence-electron chi connectivity index (χ1n) is 6.64. The molecule has 2 rings (SSSR count). The molecule has 0 amide bonds. The van der Waals surface area contributed by atoms with Crippen LogP contribution in [0.1, 0.15) is 24.9 Å². The molecule has 0 bridgehead atoms. The molecule has 1 aliphatic rings. The van der Waals surface area contributed by atoms with E-state index in [2.05, 4.69) is 11.8 Å². The number of hydrogen-bond acceptors (Lipinski definition) is 3. The summed E-state index contributed by atoms with van der Waals surface area (Å²) >= 11 is 6.00. The van der Waals surface area contributed by atoms with Crippen LogP contribution < -0.4 is 0 Å². The summed E-state index contributed by atoms with van der Waals surface area (Å²) in [6.07, 6.45) is 0.859. The fraction of sp³-hybridized carbons (Fsp3) is 0.533. The Morgan fingerprint density at radius 2 is 2.37 bits per heavy atom. The molecule has 1 aliphatic heterocycles. The molecule has 0 aliphatic carbocycles. The van der Waals surface area contributed by atoms with Crippen molar-refractivity contribution in [3.63, 3.8) is 0 Å². The van der Waals surface area contributed by atoms with Crippen molar-refractivity contribution in [2.75, 3.05) is 26.8 Å². The summed E-state index contributed by atoms with van der Waals surface area (Å²) in [5.74, 6) is 0.350. The van der Waals surface area contributed by atoms with E-state index >= 15 is 0 Å². The van der Waals surface area contributed by atoms with Gasteiger partial charge in [-0.1, -0.05) is 23.7 Å². The molecule has 104 valence electrons. The van der Waals surface area contributed by atoms with Gasteiger partial charge in [-0.25, -0.2) is 0 Å². The van der Waals surface area contributed by atoms with Gasteiger partial charge in [0, 0.05) is 23.6 Å². The summed E-state index contributed by atoms with van der Waals surface area (Å²) in [5, 5.41) is 0.730. The molecule has 1 heterocycles. The minimum Gasteiger partial charge on any atom is -0.381 e. The molecule has 0 radical (unpaired) electrons. The molecule has 2 atom stereocenters. The van der Waals surface area contributed by atoms with Crippen molar-refractivity contribution in [3.8, 4) is 0 Å². The van der Waals surface area contributed by atoms with Crippen LogP contribution in [-0.4, -0.2) is 37.5 Å². The van der Waals surface area contributed by atoms with Gasteiger partial charge in [-0.15, -0.1) is 0 Å². The quantitative estimate of drug-likeness (QED) is 0.831. The number of rotatable bonds is 5. The molecule has 1 aromatic carbocycles. The van der Waals surface area contributed by atoms with Gasteiger partial charge in [-0.2, -0.15) is 0 Å². The average molecular weight is 282 g/mol. The number of likely N-dealkylation sites (N-methyl/N-ethyl adjacent to an activating group) is 1. The first-order valence-corrected chi connectivity index (χ1v) is 7.02. The zero-order valence-corrected chi connectivity index (χ0v) is 12.2. The number of halogens is 1. The second kappa shape index (κ2) is 6.51. The van der Waals surface area contributed by atoms with Crippen molar-refractivity contribution in [3.05, 3.63) is 34.9 Å². The third-order valence-corrected chi connectivity index (χ3v) is 4.02. The van der Waals surface area contributed by atoms with Crippen LogP contribution in [0.5, 0.6) is 0 Å². The van der Waals surface area contributed by atoms with Crippen molar-refractivity contribution in [1.82, 2.24) is 4.90 Å². The summed E-state index contributed by atoms with van der Waals surface area (Å²) in [4.78, 5) is 14.2. The van der Waals surface area contributed by atoms with Gasteiger partial charge in [0.2, 0.25) is 0 Å². The topological polar surface area (TPSA) is 29.5 Å². The maximum atomic E-state index is 12.1. The third kappa shape index (κ3) is 3.78. The van der Waals surface area contributed by atoms with Gasteiger partial charge in [0.25, 0.3) is 0 Å². The molecule has 0 spiro atoms. The predicted molar refractivity (Wildman–Crippen MR) is 76.4 cm³/mol. The van der Waals surface area contributed by atoms with Gasteiger partial charge in [0.15, 0.2) is 5.78 Å². The van der Waals surface area contributed by atoms with Crippen molar-refractivity contribution in [2.24, 2.45) is 5.92 Å². The molecule has 4 heteroatoms. The molecule has 0 saturated carbocycles. The first-order chi connectivity index (χ1) is 9.08. The van der Waals surface area contributed by atoms with Gasteiger partial charge in [-0.05, 0) is 38.1 Å². The van der Waals surface area contributed by atoms with E-state index in [9.17, 15) is 4.79 Å². The highest BCUT2D eigenvalue weighted by atomic mass is 35.5. The maximum Gasteiger partial charge on any atom is 0.152 e. The second-order valence-corrected chi connectivity index (χ2v) is 5.61. The smallest absolute Gasteiger partial charge is 0.152 e. The highest BCUT2D eigenvalue weighted by Crippen LogP contribution is 2.22. The highest BCUT2D eigenvalue weighted by Gasteiger charge is 2.25. The number of ketones is 1. The summed E-state index contributed by atoms with van der Waals surface area (Å²) in [6, 6.07) is 7.96. The molecular formula is C15H20ClNO2. The van der Waals surface area contributed by atoms with E-state index in [-0.39, 0.29) is 17.7 Å². The molecule has 3 nitrogen and oxygen atoms in total. The van der Waals surface area contributed by atoms with Crippen molar-refractivity contribution >= 4 is 17.4 Å². The Hall–Kier alpha value is -0.900. The zero-order valence-electron chi connectivity index (χ0n) is 11.4. The van der Waals surface area contributed by atoms with Crippen LogP contribution in [0.15, 0.2) is 24.3 Å². The summed E-state index contributed by atoms with van der Waals surface area (Å²) in [7, 11) is 1.97. The second-order valence-electron chi connectivity index (χ2n) is 5.17. The lowest BCUT2D eigenvalue weighted by molar-refractivity contribution is -0.124. The minimum absolute atomic E-state index is 0.0778. The Balaban J connectivity index is 1.95. The number of Topliss-reactive ketones (excluding diaryl/α,β-unsaturated/α-hetero) is 1. The third-order valence-electron chi connectivity index (χ3n) is 3.78. The molecule has 1 saturated heterocycles. The number of carbonyl (C=O) groups excluding carboxylic acids is 1. The number of carbonyl (C=O) groups is 1. The maximum absolute atomic E-state index is 12.1. The number of nitrogens with zero attached hydrogens (tertiary/aromatic N) is 1. The van der Waals surface area contributed by atoms with E-state index in [4.69, 9.17) is 16.3 Å². The predicted octanol–water partition coefficient (Wildman–Crippen LogP) is 2.94. The highest BCUT2D eigenvalue weighted by molar-refractivity contribution is 6.30. The van der Waals surface area contributed by atoms with Crippen molar-refractivity contribution < 1.29 is 9.53 Å². The van der Waals surface area contributed by atoms with Crippen LogP contribution in [0, 0.1) is 5.92 Å².